The Balaban J connectivity index is 1.43. The summed E-state index contributed by atoms with van der Waals surface area (Å²) in [5, 5.41) is 14.1. The molecule has 0 radical (unpaired) electrons. The fraction of sp³-hybridized carbons (Fsp3) is 0.556. The first-order valence-electron chi connectivity index (χ1n) is 9.07. The van der Waals surface area contributed by atoms with Crippen LogP contribution in [0.4, 0.5) is 0 Å². The highest BCUT2D eigenvalue weighted by molar-refractivity contribution is 7.92. The Labute approximate surface area is 168 Å². The molecule has 2 aliphatic heterocycles. The number of carbonyl (C=O) groups is 1. The normalized spacial score (nSPS) is 26.1. The Morgan fingerprint density at radius 3 is 2.71 bits per heavy atom. The molecule has 10 heteroatoms. The van der Waals surface area contributed by atoms with E-state index in [1.807, 2.05) is 0 Å². The molecule has 2 atom stereocenters. The molecule has 3 aliphatic rings. The van der Waals surface area contributed by atoms with Gasteiger partial charge in [0.2, 0.25) is 5.91 Å². The van der Waals surface area contributed by atoms with E-state index in [-0.39, 0.29) is 34.9 Å². The number of hydrogen-bond donors (Lipinski definition) is 2. The van der Waals surface area contributed by atoms with Crippen LogP contribution in [0.1, 0.15) is 19.3 Å². The molecule has 0 unspecified atom stereocenters. The van der Waals surface area contributed by atoms with Gasteiger partial charge in [-0.2, -0.15) is 5.26 Å². The summed E-state index contributed by atoms with van der Waals surface area (Å²) in [5.74, 6) is 0.152. The van der Waals surface area contributed by atoms with E-state index >= 15 is 0 Å². The molecule has 2 saturated heterocycles. The van der Waals surface area contributed by atoms with Crippen LogP contribution >= 0.6 is 11.6 Å². The summed E-state index contributed by atoms with van der Waals surface area (Å²) >= 11 is 6.22. The second-order valence-corrected chi connectivity index (χ2v) is 10.0. The average Bonchev–Trinajstić information content (AvgIpc) is 3.20. The van der Waals surface area contributed by atoms with Gasteiger partial charge < -0.3 is 20.1 Å². The Morgan fingerprint density at radius 2 is 2.14 bits per heavy atom. The lowest BCUT2D eigenvalue weighted by molar-refractivity contribution is -0.123. The van der Waals surface area contributed by atoms with Gasteiger partial charge in [-0.3, -0.25) is 4.79 Å². The van der Waals surface area contributed by atoms with Crippen LogP contribution in [0.15, 0.2) is 23.1 Å². The number of nitrogens with zero attached hydrogens (tertiary/aromatic N) is 1. The largest absolute Gasteiger partial charge is 0.486 e. The van der Waals surface area contributed by atoms with Crippen molar-refractivity contribution in [2.24, 2.45) is 0 Å². The first-order chi connectivity index (χ1) is 13.3. The number of hydrogen-bond acceptors (Lipinski definition) is 7. The first-order valence-corrected chi connectivity index (χ1v) is 11.0. The molecule has 2 heterocycles. The van der Waals surface area contributed by atoms with Crippen molar-refractivity contribution < 1.29 is 22.7 Å². The Morgan fingerprint density at radius 1 is 1.39 bits per heavy atom. The molecular weight excluding hydrogens is 406 g/mol. The second kappa shape index (κ2) is 7.19. The number of sulfone groups is 1. The number of nitriles is 1. The number of ether oxygens (including phenoxy) is 2. The molecule has 1 aliphatic carbocycles. The maximum Gasteiger partial charge on any atom is 0.238 e. The van der Waals surface area contributed by atoms with Crippen molar-refractivity contribution in [3.8, 4) is 11.8 Å². The molecule has 0 aromatic heterocycles. The van der Waals surface area contributed by atoms with Gasteiger partial charge in [-0.25, -0.2) is 8.42 Å². The number of benzene rings is 1. The molecule has 1 saturated carbocycles. The number of halogens is 1. The summed E-state index contributed by atoms with van der Waals surface area (Å²) in [4.78, 5) is 12.4. The molecule has 4 rings (SSSR count). The lowest BCUT2D eigenvalue weighted by Crippen LogP contribution is -2.45. The van der Waals surface area contributed by atoms with Gasteiger partial charge in [0.05, 0.1) is 40.5 Å². The summed E-state index contributed by atoms with van der Waals surface area (Å²) < 4.78 is 36.7. The van der Waals surface area contributed by atoms with E-state index in [9.17, 15) is 13.2 Å². The molecule has 150 valence electrons. The van der Waals surface area contributed by atoms with Crippen molar-refractivity contribution >= 4 is 27.3 Å². The number of carbonyl (C=O) groups excluding carboxylic acids is 1. The van der Waals surface area contributed by atoms with Crippen LogP contribution in [-0.2, 0) is 19.4 Å². The zero-order valence-electron chi connectivity index (χ0n) is 15.0. The van der Waals surface area contributed by atoms with Crippen LogP contribution in [0.5, 0.6) is 5.75 Å². The predicted molar refractivity (Wildman–Crippen MR) is 99.8 cm³/mol. The first kappa shape index (κ1) is 19.5. The number of amides is 1. The van der Waals surface area contributed by atoms with E-state index in [0.29, 0.717) is 31.8 Å². The van der Waals surface area contributed by atoms with E-state index in [2.05, 4.69) is 16.7 Å². The van der Waals surface area contributed by atoms with Gasteiger partial charge in [-0.05, 0) is 31.4 Å². The van der Waals surface area contributed by atoms with Gasteiger partial charge in [0.25, 0.3) is 0 Å². The maximum atomic E-state index is 13.0. The third-order valence-corrected chi connectivity index (χ3v) is 7.92. The second-order valence-electron chi connectivity index (χ2n) is 7.42. The molecule has 3 fully saturated rings. The van der Waals surface area contributed by atoms with Gasteiger partial charge in [0, 0.05) is 12.6 Å². The lowest BCUT2D eigenvalue weighted by Gasteiger charge is -2.26. The van der Waals surface area contributed by atoms with Crippen LogP contribution in [0.25, 0.3) is 0 Å². The zero-order valence-corrected chi connectivity index (χ0v) is 16.6. The van der Waals surface area contributed by atoms with Crippen molar-refractivity contribution in [2.75, 3.05) is 19.8 Å². The molecule has 2 N–H and O–H groups in total. The minimum atomic E-state index is -3.73. The van der Waals surface area contributed by atoms with Gasteiger partial charge in [0.15, 0.2) is 9.84 Å². The molecule has 1 aromatic carbocycles. The van der Waals surface area contributed by atoms with E-state index in [1.165, 1.54) is 12.1 Å². The van der Waals surface area contributed by atoms with Crippen LogP contribution in [0.2, 0.25) is 5.02 Å². The van der Waals surface area contributed by atoms with E-state index < -0.39 is 26.7 Å². The van der Waals surface area contributed by atoms with E-state index in [0.717, 1.165) is 0 Å². The SMILES string of the molecule is N#CC1(NC(=O)[C@@H]2C[C@@H](S(=O)(=O)c3ccc(OC4COC4)cc3Cl)CN2)CC1. The van der Waals surface area contributed by atoms with Crippen molar-refractivity contribution in [3.05, 3.63) is 23.2 Å². The van der Waals surface area contributed by atoms with Crippen LogP contribution < -0.4 is 15.4 Å². The van der Waals surface area contributed by atoms with Crippen LogP contribution in [-0.4, -0.2) is 57.0 Å². The summed E-state index contributed by atoms with van der Waals surface area (Å²) in [6.07, 6.45) is 1.34. The van der Waals surface area contributed by atoms with Crippen LogP contribution in [0, 0.1) is 11.3 Å². The third kappa shape index (κ3) is 3.70. The minimum Gasteiger partial charge on any atom is -0.486 e. The van der Waals surface area contributed by atoms with Gasteiger partial charge >= 0.3 is 0 Å². The molecule has 28 heavy (non-hydrogen) atoms. The molecule has 8 nitrogen and oxygen atoms in total. The summed E-state index contributed by atoms with van der Waals surface area (Å²) in [6, 6.07) is 5.95. The summed E-state index contributed by atoms with van der Waals surface area (Å²) in [5.41, 5.74) is -0.777. The van der Waals surface area contributed by atoms with E-state index in [4.69, 9.17) is 26.3 Å². The Bertz CT molecular complexity index is 937. The fourth-order valence-electron chi connectivity index (χ4n) is 3.29. The molecule has 1 amide bonds. The fourth-order valence-corrected chi connectivity index (χ4v) is 5.49. The number of rotatable bonds is 6. The Hall–Kier alpha value is -1.86. The number of nitrogens with one attached hydrogen (secondary N) is 2. The highest BCUT2D eigenvalue weighted by Crippen LogP contribution is 2.35. The predicted octanol–water partition coefficient (Wildman–Crippen LogP) is 0.794. The van der Waals surface area contributed by atoms with Gasteiger partial charge in [-0.1, -0.05) is 11.6 Å². The average molecular weight is 426 g/mol. The highest BCUT2D eigenvalue weighted by atomic mass is 35.5. The third-order valence-electron chi connectivity index (χ3n) is 5.29. The molecule has 1 aromatic rings. The maximum absolute atomic E-state index is 13.0. The lowest BCUT2D eigenvalue weighted by atomic mass is 10.2. The van der Waals surface area contributed by atoms with Gasteiger partial charge in [-0.15, -0.1) is 0 Å². The van der Waals surface area contributed by atoms with Crippen LogP contribution in [0.3, 0.4) is 0 Å². The van der Waals surface area contributed by atoms with Crippen molar-refractivity contribution in [2.45, 2.75) is 47.1 Å². The molecular formula is C18H20ClN3O5S. The summed E-state index contributed by atoms with van der Waals surface area (Å²) in [7, 11) is -3.73. The van der Waals surface area contributed by atoms with E-state index in [1.54, 1.807) is 6.07 Å². The molecule has 0 bridgehead atoms. The van der Waals surface area contributed by atoms with Crippen molar-refractivity contribution in [1.82, 2.24) is 10.6 Å². The standard InChI is InChI=1S/C18H20ClN3O5S/c19-14-5-11(27-12-8-26-9-12)1-2-16(14)28(24,25)13-6-15(21-7-13)17(23)22-18(10-20)3-4-18/h1-2,5,12-13,15,21H,3-4,6-9H2,(H,22,23)/t13-,15+/m1/s1. The van der Waals surface area contributed by atoms with Crippen molar-refractivity contribution in [3.63, 3.8) is 0 Å². The monoisotopic (exact) mass is 425 g/mol. The topological polar surface area (TPSA) is 118 Å². The molecule has 0 spiro atoms. The van der Waals surface area contributed by atoms with Crippen molar-refractivity contribution in [1.29, 1.82) is 5.26 Å². The summed E-state index contributed by atoms with van der Waals surface area (Å²) in [6.45, 7) is 1.15. The smallest absolute Gasteiger partial charge is 0.238 e. The van der Waals surface area contributed by atoms with Gasteiger partial charge in [0.1, 0.15) is 17.4 Å². The minimum absolute atomic E-state index is 0.0231. The zero-order chi connectivity index (χ0) is 19.9. The highest BCUT2D eigenvalue weighted by Gasteiger charge is 2.47. The Kier molecular flexibility index (Phi) is 5.00. The quantitative estimate of drug-likeness (QED) is 0.691.